The Morgan fingerprint density at radius 2 is 2.23 bits per heavy atom. The highest BCUT2D eigenvalue weighted by Crippen LogP contribution is 2.32. The van der Waals surface area contributed by atoms with Crippen LogP contribution in [0.15, 0.2) is 36.7 Å². The van der Waals surface area contributed by atoms with E-state index in [4.69, 9.17) is 0 Å². The molecule has 0 saturated heterocycles. The van der Waals surface area contributed by atoms with Crippen molar-refractivity contribution in [2.45, 2.75) is 13.5 Å². The first-order valence-corrected chi connectivity index (χ1v) is 7.45. The number of hydrogen-bond donors (Lipinski definition) is 2. The number of carbonyl (C=O) groups excluding carboxylic acids is 1. The van der Waals surface area contributed by atoms with Crippen LogP contribution in [0.3, 0.4) is 0 Å². The van der Waals surface area contributed by atoms with E-state index in [0.717, 1.165) is 15.6 Å². The van der Waals surface area contributed by atoms with Crippen molar-refractivity contribution in [3.8, 4) is 0 Å². The molecule has 112 valence electrons. The summed E-state index contributed by atoms with van der Waals surface area (Å²) in [5.41, 5.74) is 1.80. The normalized spacial score (nSPS) is 10.9. The molecule has 0 saturated carbocycles. The number of anilines is 1. The van der Waals surface area contributed by atoms with E-state index in [1.54, 1.807) is 25.3 Å². The number of aromatic nitrogens is 1. The van der Waals surface area contributed by atoms with Gasteiger partial charge >= 0.3 is 0 Å². The number of carbonyl (C=O) groups is 1. The fraction of sp³-hybridized carbons (Fsp3) is 0.125. The van der Waals surface area contributed by atoms with Crippen LogP contribution >= 0.6 is 11.3 Å². The average molecular weight is 316 g/mol. The zero-order valence-corrected chi connectivity index (χ0v) is 12.6. The number of rotatable bonds is 3. The number of nitrogens with one attached hydrogen (secondary N) is 1. The van der Waals surface area contributed by atoms with Crippen LogP contribution in [0.1, 0.15) is 20.8 Å². The number of hydrogen-bond acceptors (Lipinski definition) is 4. The highest BCUT2D eigenvalue weighted by molar-refractivity contribution is 7.21. The Morgan fingerprint density at radius 3 is 3.00 bits per heavy atom. The van der Waals surface area contributed by atoms with Crippen LogP contribution in [0.25, 0.3) is 10.1 Å². The van der Waals surface area contributed by atoms with Gasteiger partial charge in [0.25, 0.3) is 5.91 Å². The largest absolute Gasteiger partial charge is 0.392 e. The molecule has 4 nitrogen and oxygen atoms in total. The van der Waals surface area contributed by atoms with Gasteiger partial charge in [0.05, 0.1) is 23.4 Å². The molecule has 6 heteroatoms. The summed E-state index contributed by atoms with van der Waals surface area (Å²) >= 11 is 1.31. The van der Waals surface area contributed by atoms with Gasteiger partial charge in [0, 0.05) is 16.5 Å². The molecule has 0 spiro atoms. The smallest absolute Gasteiger partial charge is 0.266 e. The molecule has 1 amide bonds. The second-order valence-corrected chi connectivity index (χ2v) is 5.89. The first-order valence-electron chi connectivity index (χ1n) is 6.64. The number of aliphatic hydroxyl groups excluding tert-OH is 1. The first-order chi connectivity index (χ1) is 10.6. The predicted molar refractivity (Wildman–Crippen MR) is 84.6 cm³/mol. The number of halogens is 1. The summed E-state index contributed by atoms with van der Waals surface area (Å²) in [6.07, 6.45) is 3.04. The lowest BCUT2D eigenvalue weighted by Crippen LogP contribution is -2.13. The third kappa shape index (κ3) is 2.58. The molecule has 2 N–H and O–H groups in total. The van der Waals surface area contributed by atoms with Crippen molar-refractivity contribution in [1.29, 1.82) is 0 Å². The maximum Gasteiger partial charge on any atom is 0.266 e. The van der Waals surface area contributed by atoms with E-state index in [0.29, 0.717) is 16.1 Å². The highest BCUT2D eigenvalue weighted by Gasteiger charge is 2.17. The maximum atomic E-state index is 13.3. The quantitative estimate of drug-likeness (QED) is 0.777. The summed E-state index contributed by atoms with van der Waals surface area (Å²) in [4.78, 5) is 16.9. The van der Waals surface area contributed by atoms with E-state index in [2.05, 4.69) is 10.3 Å². The Labute approximate surface area is 130 Å². The number of benzene rings is 1. The molecular weight excluding hydrogens is 303 g/mol. The SMILES string of the molecule is Cc1c(C(=O)Nc2cnccc2CO)sc2ccc(F)cc12. The van der Waals surface area contributed by atoms with Crippen molar-refractivity contribution in [3.05, 3.63) is 58.5 Å². The minimum Gasteiger partial charge on any atom is -0.392 e. The van der Waals surface area contributed by atoms with Gasteiger partial charge < -0.3 is 10.4 Å². The van der Waals surface area contributed by atoms with Gasteiger partial charge in [-0.05, 0) is 42.1 Å². The van der Waals surface area contributed by atoms with Crippen molar-refractivity contribution in [2.24, 2.45) is 0 Å². The van der Waals surface area contributed by atoms with Crippen molar-refractivity contribution >= 4 is 33.0 Å². The fourth-order valence-corrected chi connectivity index (χ4v) is 3.35. The lowest BCUT2D eigenvalue weighted by atomic mass is 10.1. The number of thiophene rings is 1. The molecule has 3 aromatic rings. The van der Waals surface area contributed by atoms with Crippen LogP contribution in [0, 0.1) is 12.7 Å². The average Bonchev–Trinajstić information content (AvgIpc) is 2.85. The van der Waals surface area contributed by atoms with Crippen LogP contribution in [0.4, 0.5) is 10.1 Å². The molecule has 2 aromatic heterocycles. The molecule has 0 aliphatic carbocycles. The molecule has 2 heterocycles. The molecule has 0 fully saturated rings. The van der Waals surface area contributed by atoms with E-state index in [1.807, 2.05) is 0 Å². The third-order valence-corrected chi connectivity index (χ3v) is 4.71. The summed E-state index contributed by atoms with van der Waals surface area (Å²) in [7, 11) is 0. The second-order valence-electron chi connectivity index (χ2n) is 4.84. The number of pyridine rings is 1. The van der Waals surface area contributed by atoms with Gasteiger partial charge in [0.15, 0.2) is 0 Å². The highest BCUT2D eigenvalue weighted by atomic mass is 32.1. The number of amides is 1. The molecule has 22 heavy (non-hydrogen) atoms. The molecule has 0 aliphatic rings. The monoisotopic (exact) mass is 316 g/mol. The van der Waals surface area contributed by atoms with Crippen LogP contribution in [0.5, 0.6) is 0 Å². The standard InChI is InChI=1S/C16H13FN2O2S/c1-9-12-6-11(17)2-3-14(12)22-15(9)16(21)19-13-7-18-5-4-10(13)8-20/h2-7,20H,8H2,1H3,(H,19,21). The van der Waals surface area contributed by atoms with Gasteiger partial charge in [0.1, 0.15) is 5.82 Å². The first kappa shape index (κ1) is 14.6. The summed E-state index contributed by atoms with van der Waals surface area (Å²) in [5.74, 6) is -0.614. The Balaban J connectivity index is 1.97. The third-order valence-electron chi connectivity index (χ3n) is 3.43. The van der Waals surface area contributed by atoms with Crippen LogP contribution in [-0.4, -0.2) is 16.0 Å². The molecule has 0 atom stereocenters. The minimum atomic E-state index is -0.324. The van der Waals surface area contributed by atoms with Gasteiger partial charge in [0.2, 0.25) is 0 Å². The molecule has 0 unspecified atom stereocenters. The molecule has 0 radical (unpaired) electrons. The van der Waals surface area contributed by atoms with E-state index < -0.39 is 0 Å². The molecule has 1 aromatic carbocycles. The van der Waals surface area contributed by atoms with Gasteiger partial charge in [-0.15, -0.1) is 11.3 Å². The lowest BCUT2D eigenvalue weighted by molar-refractivity contribution is 0.103. The number of fused-ring (bicyclic) bond motifs is 1. The zero-order valence-electron chi connectivity index (χ0n) is 11.8. The van der Waals surface area contributed by atoms with Crippen molar-refractivity contribution in [2.75, 3.05) is 5.32 Å². The van der Waals surface area contributed by atoms with Gasteiger partial charge in [-0.3, -0.25) is 9.78 Å². The van der Waals surface area contributed by atoms with E-state index in [1.165, 1.54) is 29.7 Å². The molecule has 0 bridgehead atoms. The number of aliphatic hydroxyl groups is 1. The van der Waals surface area contributed by atoms with Crippen LogP contribution in [-0.2, 0) is 6.61 Å². The zero-order chi connectivity index (χ0) is 15.7. The Bertz CT molecular complexity index is 860. The summed E-state index contributed by atoms with van der Waals surface area (Å²) in [5, 5.41) is 12.8. The number of aryl methyl sites for hydroxylation is 1. The van der Waals surface area contributed by atoms with E-state index in [-0.39, 0.29) is 18.3 Å². The molecule has 0 aliphatic heterocycles. The van der Waals surface area contributed by atoms with Crippen molar-refractivity contribution in [3.63, 3.8) is 0 Å². The summed E-state index contributed by atoms with van der Waals surface area (Å²) in [6.45, 7) is 1.61. The summed E-state index contributed by atoms with van der Waals surface area (Å²) < 4.78 is 14.2. The minimum absolute atomic E-state index is 0.186. The topological polar surface area (TPSA) is 62.2 Å². The Kier molecular flexibility index (Phi) is 3.87. The van der Waals surface area contributed by atoms with Crippen LogP contribution in [0.2, 0.25) is 0 Å². The molecule has 3 rings (SSSR count). The molecular formula is C16H13FN2O2S. The number of nitrogens with zero attached hydrogens (tertiary/aromatic N) is 1. The fourth-order valence-electron chi connectivity index (χ4n) is 2.26. The Hall–Kier alpha value is -2.31. The summed E-state index contributed by atoms with van der Waals surface area (Å²) in [6, 6.07) is 6.12. The predicted octanol–water partition coefficient (Wildman–Crippen LogP) is 3.49. The Morgan fingerprint density at radius 1 is 1.41 bits per heavy atom. The van der Waals surface area contributed by atoms with Crippen molar-refractivity contribution < 1.29 is 14.3 Å². The van der Waals surface area contributed by atoms with Crippen molar-refractivity contribution in [1.82, 2.24) is 4.98 Å². The van der Waals surface area contributed by atoms with E-state index in [9.17, 15) is 14.3 Å². The lowest BCUT2D eigenvalue weighted by Gasteiger charge is -2.08. The van der Waals surface area contributed by atoms with Gasteiger partial charge in [-0.1, -0.05) is 0 Å². The van der Waals surface area contributed by atoms with E-state index >= 15 is 0 Å². The van der Waals surface area contributed by atoms with Crippen LogP contribution < -0.4 is 5.32 Å². The van der Waals surface area contributed by atoms with Gasteiger partial charge in [-0.2, -0.15) is 0 Å². The second kappa shape index (κ2) is 5.82. The van der Waals surface area contributed by atoms with Gasteiger partial charge in [-0.25, -0.2) is 4.39 Å². The maximum absolute atomic E-state index is 13.3.